The highest BCUT2D eigenvalue weighted by atomic mass is 16.6. The molecule has 0 spiro atoms. The molecule has 63 heavy (non-hydrogen) atoms. The van der Waals surface area contributed by atoms with Gasteiger partial charge < -0.3 is 14.2 Å². The number of carbonyl (C=O) groups excluding carboxylic acids is 3. The molecule has 0 N–H and O–H groups in total. The quantitative estimate of drug-likeness (QED) is 0.0262. The Morgan fingerprint density at radius 3 is 0.952 bits per heavy atom. The van der Waals surface area contributed by atoms with E-state index in [0.29, 0.717) is 19.3 Å². The fraction of sp³-hybridized carbons (Fsp3) is 0.807. The SMILES string of the molecule is CCCCC/C=C\C/C=C\C/C=C\CCCCCCC(=O)OC[C@H](COC(=O)CCCCCCC/C=C\CCCCCC)OC(=O)CCCCCCCCCCCCCCCCC. The molecule has 0 fully saturated rings. The maximum Gasteiger partial charge on any atom is 0.306 e. The van der Waals surface area contributed by atoms with E-state index in [0.717, 1.165) is 89.9 Å². The van der Waals surface area contributed by atoms with Crippen LogP contribution >= 0.6 is 0 Å². The average molecular weight is 883 g/mol. The third kappa shape index (κ3) is 50.2. The molecule has 1 atom stereocenters. The molecule has 0 rings (SSSR count). The van der Waals surface area contributed by atoms with E-state index in [2.05, 4.69) is 69.4 Å². The van der Waals surface area contributed by atoms with E-state index in [4.69, 9.17) is 14.2 Å². The Kier molecular flexibility index (Phi) is 49.8. The molecule has 0 aliphatic rings. The van der Waals surface area contributed by atoms with Crippen LogP contribution in [0.25, 0.3) is 0 Å². The molecule has 0 unspecified atom stereocenters. The fourth-order valence-corrected chi connectivity index (χ4v) is 7.68. The first kappa shape index (κ1) is 60.4. The van der Waals surface area contributed by atoms with Gasteiger partial charge in [0.1, 0.15) is 13.2 Å². The van der Waals surface area contributed by atoms with E-state index in [1.165, 1.54) is 148 Å². The Hall–Kier alpha value is -2.63. The van der Waals surface area contributed by atoms with Crippen molar-refractivity contribution in [1.82, 2.24) is 0 Å². The third-order valence-electron chi connectivity index (χ3n) is 11.8. The third-order valence-corrected chi connectivity index (χ3v) is 11.8. The van der Waals surface area contributed by atoms with Crippen molar-refractivity contribution in [2.24, 2.45) is 0 Å². The van der Waals surface area contributed by atoms with Gasteiger partial charge in [-0.2, -0.15) is 0 Å². The number of ether oxygens (including phenoxy) is 3. The lowest BCUT2D eigenvalue weighted by molar-refractivity contribution is -0.167. The van der Waals surface area contributed by atoms with Gasteiger partial charge in [0, 0.05) is 19.3 Å². The molecule has 0 aliphatic carbocycles. The Labute approximate surface area is 390 Å². The van der Waals surface area contributed by atoms with Gasteiger partial charge in [0.25, 0.3) is 0 Å². The second-order valence-corrected chi connectivity index (χ2v) is 18.1. The van der Waals surface area contributed by atoms with Crippen LogP contribution in [-0.2, 0) is 28.6 Å². The maximum atomic E-state index is 12.8. The minimum Gasteiger partial charge on any atom is -0.462 e. The van der Waals surface area contributed by atoms with E-state index in [1.807, 2.05) is 0 Å². The zero-order valence-electron chi connectivity index (χ0n) is 41.8. The van der Waals surface area contributed by atoms with E-state index >= 15 is 0 Å². The summed E-state index contributed by atoms with van der Waals surface area (Å²) in [7, 11) is 0. The van der Waals surface area contributed by atoms with Gasteiger partial charge in [-0.3, -0.25) is 14.4 Å². The summed E-state index contributed by atoms with van der Waals surface area (Å²) < 4.78 is 16.8. The van der Waals surface area contributed by atoms with Crippen molar-refractivity contribution < 1.29 is 28.6 Å². The molecule has 0 radical (unpaired) electrons. The lowest BCUT2D eigenvalue weighted by Gasteiger charge is -2.18. The molecule has 0 aromatic rings. The Morgan fingerprint density at radius 1 is 0.317 bits per heavy atom. The van der Waals surface area contributed by atoms with E-state index in [9.17, 15) is 14.4 Å². The summed E-state index contributed by atoms with van der Waals surface area (Å²) in [4.78, 5) is 38.0. The summed E-state index contributed by atoms with van der Waals surface area (Å²) in [6, 6.07) is 0. The number of carbonyl (C=O) groups is 3. The average Bonchev–Trinajstić information content (AvgIpc) is 3.28. The summed E-state index contributed by atoms with van der Waals surface area (Å²) in [6.45, 7) is 6.59. The topological polar surface area (TPSA) is 78.9 Å². The predicted molar refractivity (Wildman–Crippen MR) is 270 cm³/mol. The van der Waals surface area contributed by atoms with Crippen molar-refractivity contribution in [2.75, 3.05) is 13.2 Å². The van der Waals surface area contributed by atoms with Gasteiger partial charge in [-0.1, -0.05) is 223 Å². The van der Waals surface area contributed by atoms with Crippen LogP contribution in [0.3, 0.4) is 0 Å². The Bertz CT molecular complexity index is 1110. The lowest BCUT2D eigenvalue weighted by Crippen LogP contribution is -2.30. The van der Waals surface area contributed by atoms with Crippen LogP contribution in [0, 0.1) is 0 Å². The summed E-state index contributed by atoms with van der Waals surface area (Å²) >= 11 is 0. The van der Waals surface area contributed by atoms with Gasteiger partial charge in [-0.25, -0.2) is 0 Å². The lowest BCUT2D eigenvalue weighted by atomic mass is 10.0. The van der Waals surface area contributed by atoms with Crippen molar-refractivity contribution in [1.29, 1.82) is 0 Å². The van der Waals surface area contributed by atoms with Gasteiger partial charge in [-0.05, 0) is 83.5 Å². The molecule has 0 heterocycles. The summed E-state index contributed by atoms with van der Waals surface area (Å²) in [5.41, 5.74) is 0. The number of esters is 3. The van der Waals surface area contributed by atoms with Crippen LogP contribution in [0.1, 0.15) is 278 Å². The minimum absolute atomic E-state index is 0.0824. The van der Waals surface area contributed by atoms with Crippen molar-refractivity contribution >= 4 is 17.9 Å². The van der Waals surface area contributed by atoms with Crippen molar-refractivity contribution in [3.63, 3.8) is 0 Å². The van der Waals surface area contributed by atoms with E-state index < -0.39 is 6.10 Å². The number of hydrogen-bond acceptors (Lipinski definition) is 6. The van der Waals surface area contributed by atoms with Crippen LogP contribution in [0.15, 0.2) is 48.6 Å². The largest absolute Gasteiger partial charge is 0.462 e. The maximum absolute atomic E-state index is 12.8. The highest BCUT2D eigenvalue weighted by Crippen LogP contribution is 2.15. The minimum atomic E-state index is -0.782. The number of allylic oxidation sites excluding steroid dienone is 8. The molecule has 0 saturated carbocycles. The van der Waals surface area contributed by atoms with Gasteiger partial charge in [0.05, 0.1) is 0 Å². The van der Waals surface area contributed by atoms with E-state index in [-0.39, 0.29) is 31.1 Å². The van der Waals surface area contributed by atoms with Crippen LogP contribution in [0.4, 0.5) is 0 Å². The number of rotatable bonds is 49. The number of hydrogen-bond donors (Lipinski definition) is 0. The molecular formula is C57H102O6. The highest BCUT2D eigenvalue weighted by molar-refractivity contribution is 5.71. The number of unbranched alkanes of at least 4 members (excludes halogenated alkanes) is 30. The van der Waals surface area contributed by atoms with Crippen LogP contribution in [0.2, 0.25) is 0 Å². The monoisotopic (exact) mass is 883 g/mol. The second kappa shape index (κ2) is 52.0. The molecule has 0 aromatic carbocycles. The molecule has 0 saturated heterocycles. The second-order valence-electron chi connectivity index (χ2n) is 18.1. The summed E-state index contributed by atoms with van der Waals surface area (Å²) in [5.74, 6) is -0.902. The molecule has 6 nitrogen and oxygen atoms in total. The van der Waals surface area contributed by atoms with Crippen molar-refractivity contribution in [3.05, 3.63) is 48.6 Å². The van der Waals surface area contributed by atoms with Gasteiger partial charge in [0.15, 0.2) is 6.10 Å². The Balaban J connectivity index is 4.40. The summed E-state index contributed by atoms with van der Waals surface area (Å²) in [6.07, 6.45) is 62.3. The predicted octanol–water partition coefficient (Wildman–Crippen LogP) is 17.9. The molecule has 0 aromatic heterocycles. The van der Waals surface area contributed by atoms with Gasteiger partial charge in [0.2, 0.25) is 0 Å². The van der Waals surface area contributed by atoms with Crippen molar-refractivity contribution in [3.8, 4) is 0 Å². The normalized spacial score (nSPS) is 12.4. The Morgan fingerprint density at radius 2 is 0.571 bits per heavy atom. The fourth-order valence-electron chi connectivity index (χ4n) is 7.68. The van der Waals surface area contributed by atoms with Crippen molar-refractivity contribution in [2.45, 2.75) is 284 Å². The molecular weight excluding hydrogens is 781 g/mol. The molecule has 6 heteroatoms. The van der Waals surface area contributed by atoms with Crippen LogP contribution in [0.5, 0.6) is 0 Å². The zero-order valence-corrected chi connectivity index (χ0v) is 41.8. The standard InChI is InChI=1S/C57H102O6/c1-4-7-10-13-16-19-22-25-27-28-30-32-35-38-41-44-47-50-56(59)62-53-54(52-61-55(58)49-46-43-40-37-34-31-24-21-18-15-12-9-6-3)63-57(60)51-48-45-42-39-36-33-29-26-23-20-17-14-11-8-5-2/h16,19,21,24-25,27,30,32,54H,4-15,17-18,20,22-23,26,28-29,31,33-53H2,1-3H3/b19-16-,24-21-,27-25-,32-30-/t54-/m0/s1. The first-order valence-electron chi connectivity index (χ1n) is 27.1. The molecule has 0 aliphatic heterocycles. The van der Waals surface area contributed by atoms with Gasteiger partial charge >= 0.3 is 17.9 Å². The van der Waals surface area contributed by atoms with Crippen LogP contribution in [-0.4, -0.2) is 37.2 Å². The van der Waals surface area contributed by atoms with Gasteiger partial charge in [-0.15, -0.1) is 0 Å². The molecule has 0 amide bonds. The zero-order chi connectivity index (χ0) is 45.8. The molecule has 366 valence electrons. The smallest absolute Gasteiger partial charge is 0.306 e. The molecule has 0 bridgehead atoms. The first-order valence-corrected chi connectivity index (χ1v) is 27.1. The van der Waals surface area contributed by atoms with E-state index in [1.54, 1.807) is 0 Å². The van der Waals surface area contributed by atoms with Crippen LogP contribution < -0.4 is 0 Å². The highest BCUT2D eigenvalue weighted by Gasteiger charge is 2.19. The first-order chi connectivity index (χ1) is 31.0. The summed E-state index contributed by atoms with van der Waals surface area (Å²) in [5, 5.41) is 0.